The number of carbonyl (C=O) groups excluding carboxylic acids is 1. The average molecular weight is 236 g/mol. The Labute approximate surface area is 99.9 Å². The molecule has 2 N–H and O–H groups in total. The van der Waals surface area contributed by atoms with Crippen molar-refractivity contribution in [3.63, 3.8) is 0 Å². The number of nitrogens with zero attached hydrogens (tertiary/aromatic N) is 1. The molecular formula is C12H16N2O3. The first-order chi connectivity index (χ1) is 7.88. The van der Waals surface area contributed by atoms with Crippen LogP contribution in [0.2, 0.25) is 0 Å². The Balaban J connectivity index is 2.90. The summed E-state index contributed by atoms with van der Waals surface area (Å²) < 4.78 is 0. The van der Waals surface area contributed by atoms with E-state index in [1.807, 2.05) is 0 Å². The summed E-state index contributed by atoms with van der Waals surface area (Å²) in [5, 5.41) is 11.7. The molecule has 0 fully saturated rings. The number of carboxylic acid groups (broad SMARTS) is 1. The Bertz CT molecular complexity index is 417. The highest BCUT2D eigenvalue weighted by atomic mass is 16.4. The number of amides is 1. The van der Waals surface area contributed by atoms with E-state index in [0.29, 0.717) is 5.56 Å². The maximum absolute atomic E-state index is 11.9. The van der Waals surface area contributed by atoms with E-state index in [2.05, 4.69) is 10.3 Å². The highest BCUT2D eigenvalue weighted by Gasteiger charge is 2.38. The lowest BCUT2D eigenvalue weighted by atomic mass is 9.88. The molecular weight excluding hydrogens is 220 g/mol. The predicted molar refractivity (Wildman–Crippen MR) is 62.6 cm³/mol. The van der Waals surface area contributed by atoms with Gasteiger partial charge >= 0.3 is 5.97 Å². The molecule has 0 aliphatic rings. The lowest BCUT2D eigenvalue weighted by molar-refractivity contribution is -0.145. The molecule has 0 spiro atoms. The molecule has 1 rings (SSSR count). The van der Waals surface area contributed by atoms with Crippen molar-refractivity contribution in [2.45, 2.75) is 26.3 Å². The third-order valence-electron chi connectivity index (χ3n) is 2.90. The summed E-state index contributed by atoms with van der Waals surface area (Å²) in [5.41, 5.74) is -0.937. The van der Waals surface area contributed by atoms with Crippen LogP contribution in [0.5, 0.6) is 0 Å². The number of carboxylic acids is 1. The van der Waals surface area contributed by atoms with E-state index in [0.717, 1.165) is 0 Å². The van der Waals surface area contributed by atoms with Crippen LogP contribution in [0.3, 0.4) is 0 Å². The van der Waals surface area contributed by atoms with Crippen molar-refractivity contribution in [1.82, 2.24) is 10.3 Å². The number of pyridine rings is 1. The molecule has 0 aliphatic heterocycles. The van der Waals surface area contributed by atoms with Gasteiger partial charge in [-0.05, 0) is 25.0 Å². The van der Waals surface area contributed by atoms with Crippen LogP contribution in [-0.4, -0.2) is 27.5 Å². The number of nitrogens with one attached hydrogen (secondary N) is 1. The summed E-state index contributed by atoms with van der Waals surface area (Å²) in [6.07, 6.45) is 2.95. The van der Waals surface area contributed by atoms with Crippen LogP contribution in [0.1, 0.15) is 31.1 Å². The summed E-state index contributed by atoms with van der Waals surface area (Å²) >= 11 is 0. The maximum Gasteiger partial charge on any atom is 0.329 e. The van der Waals surface area contributed by atoms with Gasteiger partial charge < -0.3 is 10.4 Å². The largest absolute Gasteiger partial charge is 0.480 e. The topological polar surface area (TPSA) is 79.3 Å². The van der Waals surface area contributed by atoms with Crippen molar-refractivity contribution >= 4 is 11.9 Å². The van der Waals surface area contributed by atoms with Gasteiger partial charge in [-0.3, -0.25) is 9.78 Å². The van der Waals surface area contributed by atoms with Crippen LogP contribution in [0.25, 0.3) is 0 Å². The average Bonchev–Trinajstić information content (AvgIpc) is 2.29. The lowest BCUT2D eigenvalue weighted by Crippen LogP contribution is -2.55. The number of carbonyl (C=O) groups is 2. The Kier molecular flexibility index (Phi) is 3.83. The minimum atomic E-state index is -1.28. The third-order valence-corrected chi connectivity index (χ3v) is 2.90. The molecule has 0 bridgehead atoms. The monoisotopic (exact) mass is 236 g/mol. The second-order valence-electron chi connectivity index (χ2n) is 4.36. The van der Waals surface area contributed by atoms with Crippen molar-refractivity contribution in [3.8, 4) is 0 Å². The van der Waals surface area contributed by atoms with Gasteiger partial charge in [0.2, 0.25) is 0 Å². The number of hydrogen-bond acceptors (Lipinski definition) is 3. The second kappa shape index (κ2) is 4.95. The molecule has 0 unspecified atom stereocenters. The molecule has 1 amide bonds. The summed E-state index contributed by atoms with van der Waals surface area (Å²) in [6, 6.07) is 3.22. The molecule has 1 atom stereocenters. The van der Waals surface area contributed by atoms with Gasteiger partial charge in [0.05, 0.1) is 5.56 Å². The lowest BCUT2D eigenvalue weighted by Gasteiger charge is -2.30. The molecule has 5 nitrogen and oxygen atoms in total. The van der Waals surface area contributed by atoms with Crippen molar-refractivity contribution in [2.75, 3.05) is 0 Å². The number of hydrogen-bond donors (Lipinski definition) is 2. The minimum absolute atomic E-state index is 0.222. The van der Waals surface area contributed by atoms with Gasteiger partial charge in [-0.25, -0.2) is 4.79 Å². The van der Waals surface area contributed by atoms with Crippen LogP contribution in [0, 0.1) is 5.92 Å². The van der Waals surface area contributed by atoms with E-state index >= 15 is 0 Å². The van der Waals surface area contributed by atoms with Gasteiger partial charge in [-0.2, -0.15) is 0 Å². The zero-order valence-electron chi connectivity index (χ0n) is 10.1. The van der Waals surface area contributed by atoms with Gasteiger partial charge in [0, 0.05) is 12.4 Å². The van der Waals surface area contributed by atoms with E-state index in [-0.39, 0.29) is 5.92 Å². The van der Waals surface area contributed by atoms with Crippen LogP contribution in [0.4, 0.5) is 0 Å². The highest BCUT2D eigenvalue weighted by molar-refractivity contribution is 5.97. The molecule has 17 heavy (non-hydrogen) atoms. The van der Waals surface area contributed by atoms with E-state index < -0.39 is 17.4 Å². The zero-order chi connectivity index (χ0) is 13.1. The fourth-order valence-electron chi connectivity index (χ4n) is 1.25. The quantitative estimate of drug-likeness (QED) is 0.826. The van der Waals surface area contributed by atoms with Crippen LogP contribution in [0.15, 0.2) is 24.5 Å². The molecule has 1 aromatic heterocycles. The fourth-order valence-corrected chi connectivity index (χ4v) is 1.25. The maximum atomic E-state index is 11.9. The summed E-state index contributed by atoms with van der Waals surface area (Å²) in [6.45, 7) is 4.99. The summed E-state index contributed by atoms with van der Waals surface area (Å²) in [5.74, 6) is -1.71. The molecule has 0 aromatic carbocycles. The van der Waals surface area contributed by atoms with Gasteiger partial charge in [-0.15, -0.1) is 0 Å². The molecule has 5 heteroatoms. The van der Waals surface area contributed by atoms with Crippen LogP contribution >= 0.6 is 0 Å². The van der Waals surface area contributed by atoms with Gasteiger partial charge in [-0.1, -0.05) is 13.8 Å². The molecule has 92 valence electrons. The first-order valence-electron chi connectivity index (χ1n) is 5.34. The van der Waals surface area contributed by atoms with Crippen LogP contribution < -0.4 is 5.32 Å². The molecule has 1 aromatic rings. The molecule has 0 radical (unpaired) electrons. The van der Waals surface area contributed by atoms with Crippen molar-refractivity contribution in [1.29, 1.82) is 0 Å². The first kappa shape index (κ1) is 13.2. The molecule has 0 saturated carbocycles. The normalized spacial score (nSPS) is 14.1. The summed E-state index contributed by atoms with van der Waals surface area (Å²) in [7, 11) is 0. The van der Waals surface area contributed by atoms with E-state index in [1.165, 1.54) is 13.1 Å². The van der Waals surface area contributed by atoms with E-state index in [9.17, 15) is 9.59 Å². The predicted octanol–water partition coefficient (Wildman–Crippen LogP) is 1.31. The van der Waals surface area contributed by atoms with E-state index in [1.54, 1.807) is 32.2 Å². The van der Waals surface area contributed by atoms with Gasteiger partial charge in [0.15, 0.2) is 0 Å². The summed E-state index contributed by atoms with van der Waals surface area (Å²) in [4.78, 5) is 26.9. The second-order valence-corrected chi connectivity index (χ2v) is 4.36. The van der Waals surface area contributed by atoms with Gasteiger partial charge in [0.1, 0.15) is 5.54 Å². The van der Waals surface area contributed by atoms with Crippen molar-refractivity contribution < 1.29 is 14.7 Å². The fraction of sp³-hybridized carbons (Fsp3) is 0.417. The molecule has 1 heterocycles. The Morgan fingerprint density at radius 3 is 2.53 bits per heavy atom. The molecule has 0 aliphatic carbocycles. The Morgan fingerprint density at radius 2 is 2.12 bits per heavy atom. The Morgan fingerprint density at radius 1 is 1.47 bits per heavy atom. The number of rotatable bonds is 4. The zero-order valence-corrected chi connectivity index (χ0v) is 10.1. The Hall–Kier alpha value is -1.91. The minimum Gasteiger partial charge on any atom is -0.480 e. The highest BCUT2D eigenvalue weighted by Crippen LogP contribution is 2.17. The standard InChI is InChI=1S/C12H16N2O3/c1-8(2)12(3,11(16)17)14-10(15)9-5-4-6-13-7-9/h4-8H,1-3H3,(H,14,15)(H,16,17)/t12-/m0/s1. The van der Waals surface area contributed by atoms with E-state index in [4.69, 9.17) is 5.11 Å². The van der Waals surface area contributed by atoms with Gasteiger partial charge in [0.25, 0.3) is 5.91 Å². The number of aliphatic carboxylic acids is 1. The van der Waals surface area contributed by atoms with Crippen LogP contribution in [-0.2, 0) is 4.79 Å². The first-order valence-corrected chi connectivity index (χ1v) is 5.34. The smallest absolute Gasteiger partial charge is 0.329 e. The van der Waals surface area contributed by atoms with Crippen molar-refractivity contribution in [2.24, 2.45) is 5.92 Å². The molecule has 0 saturated heterocycles. The SMILES string of the molecule is CC(C)[C@](C)(NC(=O)c1cccnc1)C(=O)O. The van der Waals surface area contributed by atoms with Crippen molar-refractivity contribution in [3.05, 3.63) is 30.1 Å². The number of aromatic nitrogens is 1. The third kappa shape index (κ3) is 2.81.